The topological polar surface area (TPSA) is 106 Å². The van der Waals surface area contributed by atoms with E-state index in [-0.39, 0.29) is 40.9 Å². The molecule has 2 atom stereocenters. The minimum Gasteiger partial charge on any atom is -0.448 e. The van der Waals surface area contributed by atoms with E-state index in [0.717, 1.165) is 30.0 Å². The fourth-order valence-corrected chi connectivity index (χ4v) is 3.77. The Bertz CT molecular complexity index is 672. The van der Waals surface area contributed by atoms with Crippen molar-refractivity contribution >= 4 is 28.3 Å². The van der Waals surface area contributed by atoms with Gasteiger partial charge in [0, 0.05) is 26.2 Å². The van der Waals surface area contributed by atoms with Crippen LogP contribution in [0.5, 0.6) is 0 Å². The molecule has 3 N–H and O–H groups in total. The number of rotatable bonds is 5. The molecule has 1 aromatic rings. The lowest BCUT2D eigenvalue weighted by atomic mass is 9.84. The van der Waals surface area contributed by atoms with Gasteiger partial charge in [0.25, 0.3) is 15.9 Å². The molecule has 138 valence electrons. The number of carbonyl (C=O) groups is 1. The maximum absolute atomic E-state index is 12.5. The second kappa shape index (κ2) is 8.33. The molecule has 0 aliphatic heterocycles. The van der Waals surface area contributed by atoms with Gasteiger partial charge in [-0.2, -0.15) is 0 Å². The number of nitrogens with two attached hydrogens (primary N) is 1. The van der Waals surface area contributed by atoms with Crippen LogP contribution in [0.1, 0.15) is 41.8 Å². The fraction of sp³-hybridized carbons (Fsp3) is 0.667. The van der Waals surface area contributed by atoms with Crippen molar-refractivity contribution in [1.29, 1.82) is 0 Å². The minimum absolute atomic E-state index is 0. The third kappa shape index (κ3) is 4.30. The molecule has 1 heterocycles. The lowest BCUT2D eigenvalue weighted by Gasteiger charge is -2.31. The number of amides is 1. The van der Waals surface area contributed by atoms with E-state index in [2.05, 4.69) is 5.32 Å². The van der Waals surface area contributed by atoms with Gasteiger partial charge in [0.15, 0.2) is 0 Å². The standard InChI is InChI=1S/C15H25N3O4S.ClH/c1-10-12(8-14(22-10)23(20,21)18(2)3)15(19)17-13-7-5-4-6-11(13)9-16;/h8,11,13H,4-7,9,16H2,1-3H3,(H,17,19);1H. The number of nitrogens with one attached hydrogen (secondary N) is 1. The van der Waals surface area contributed by atoms with Crippen LogP contribution in [0.25, 0.3) is 0 Å². The average Bonchev–Trinajstić information content (AvgIpc) is 2.90. The number of aryl methyl sites for hydroxylation is 1. The van der Waals surface area contributed by atoms with Gasteiger partial charge in [-0.15, -0.1) is 12.4 Å². The number of nitrogens with zero attached hydrogens (tertiary/aromatic N) is 1. The van der Waals surface area contributed by atoms with Gasteiger partial charge in [-0.1, -0.05) is 12.8 Å². The maximum Gasteiger partial charge on any atom is 0.275 e. The van der Waals surface area contributed by atoms with Crippen molar-refractivity contribution in [3.05, 3.63) is 17.4 Å². The molecule has 1 amide bonds. The molecule has 24 heavy (non-hydrogen) atoms. The van der Waals surface area contributed by atoms with E-state index in [4.69, 9.17) is 10.2 Å². The van der Waals surface area contributed by atoms with Gasteiger partial charge in [0.1, 0.15) is 5.76 Å². The van der Waals surface area contributed by atoms with Crippen LogP contribution < -0.4 is 11.1 Å². The Morgan fingerprint density at radius 2 is 2.00 bits per heavy atom. The van der Waals surface area contributed by atoms with Gasteiger partial charge in [0.05, 0.1) is 5.56 Å². The molecule has 0 saturated heterocycles. The molecule has 1 saturated carbocycles. The quantitative estimate of drug-likeness (QED) is 0.806. The molecular formula is C15H26ClN3O4S. The summed E-state index contributed by atoms with van der Waals surface area (Å²) in [4.78, 5) is 12.5. The van der Waals surface area contributed by atoms with E-state index in [1.165, 1.54) is 20.2 Å². The lowest BCUT2D eigenvalue weighted by Crippen LogP contribution is -2.44. The summed E-state index contributed by atoms with van der Waals surface area (Å²) < 4.78 is 30.5. The average molecular weight is 380 g/mol. The molecule has 9 heteroatoms. The predicted molar refractivity (Wildman–Crippen MR) is 93.8 cm³/mol. The van der Waals surface area contributed by atoms with Gasteiger partial charge in [-0.3, -0.25) is 4.79 Å². The van der Waals surface area contributed by atoms with Crippen molar-refractivity contribution < 1.29 is 17.6 Å². The fourth-order valence-electron chi connectivity index (χ4n) is 2.91. The van der Waals surface area contributed by atoms with Crippen LogP contribution in [0, 0.1) is 12.8 Å². The summed E-state index contributed by atoms with van der Waals surface area (Å²) in [5.74, 6) is 0.254. The lowest BCUT2D eigenvalue weighted by molar-refractivity contribution is 0.0906. The molecule has 1 aliphatic carbocycles. The third-order valence-electron chi connectivity index (χ3n) is 4.40. The van der Waals surface area contributed by atoms with Gasteiger partial charge in [0.2, 0.25) is 5.09 Å². The van der Waals surface area contributed by atoms with Crippen LogP contribution in [-0.2, 0) is 10.0 Å². The summed E-state index contributed by atoms with van der Waals surface area (Å²) in [7, 11) is -0.859. The van der Waals surface area contributed by atoms with Gasteiger partial charge in [-0.25, -0.2) is 12.7 Å². The predicted octanol–water partition coefficient (Wildman–Crippen LogP) is 1.51. The van der Waals surface area contributed by atoms with Crippen LogP contribution in [0.2, 0.25) is 0 Å². The van der Waals surface area contributed by atoms with Crippen LogP contribution in [0.4, 0.5) is 0 Å². The molecule has 1 aliphatic rings. The molecule has 0 bridgehead atoms. The Morgan fingerprint density at radius 1 is 1.38 bits per heavy atom. The second-order valence-corrected chi connectivity index (χ2v) is 8.27. The van der Waals surface area contributed by atoms with Gasteiger partial charge < -0.3 is 15.5 Å². The SMILES string of the molecule is Cc1oc(S(=O)(=O)N(C)C)cc1C(=O)NC1CCCCC1CN.Cl. The number of sulfonamides is 1. The van der Waals surface area contributed by atoms with E-state index in [0.29, 0.717) is 12.3 Å². The highest BCUT2D eigenvalue weighted by Crippen LogP contribution is 2.25. The maximum atomic E-state index is 12.5. The summed E-state index contributed by atoms with van der Waals surface area (Å²) in [5.41, 5.74) is 6.03. The van der Waals surface area contributed by atoms with E-state index >= 15 is 0 Å². The van der Waals surface area contributed by atoms with Crippen LogP contribution in [-0.4, -0.2) is 45.3 Å². The number of carbonyl (C=O) groups excluding carboxylic acids is 1. The summed E-state index contributed by atoms with van der Waals surface area (Å²) in [6, 6.07) is 1.32. The van der Waals surface area contributed by atoms with Crippen LogP contribution in [0.3, 0.4) is 0 Å². The molecule has 1 fully saturated rings. The normalized spacial score (nSPS) is 21.4. The number of hydrogen-bond acceptors (Lipinski definition) is 5. The Balaban J connectivity index is 0.00000288. The Morgan fingerprint density at radius 3 is 2.58 bits per heavy atom. The van der Waals surface area contributed by atoms with E-state index < -0.39 is 10.0 Å². The summed E-state index contributed by atoms with van der Waals surface area (Å²) in [5, 5.41) is 2.77. The molecule has 2 unspecified atom stereocenters. The van der Waals surface area contributed by atoms with E-state index in [9.17, 15) is 13.2 Å². The molecule has 2 rings (SSSR count). The second-order valence-electron chi connectivity index (χ2n) is 6.18. The Labute approximate surface area is 149 Å². The molecule has 1 aromatic heterocycles. The number of halogens is 1. The first-order valence-electron chi connectivity index (χ1n) is 7.81. The summed E-state index contributed by atoms with van der Waals surface area (Å²) >= 11 is 0. The molecule has 0 aromatic carbocycles. The first kappa shape index (κ1) is 21.0. The molecular weight excluding hydrogens is 354 g/mol. The van der Waals surface area contributed by atoms with Crippen molar-refractivity contribution in [2.75, 3.05) is 20.6 Å². The first-order valence-corrected chi connectivity index (χ1v) is 9.25. The van der Waals surface area contributed by atoms with Crippen molar-refractivity contribution in [3.8, 4) is 0 Å². The Kier molecular flexibility index (Phi) is 7.27. The minimum atomic E-state index is -3.69. The van der Waals surface area contributed by atoms with E-state index in [1.807, 2.05) is 0 Å². The zero-order valence-corrected chi connectivity index (χ0v) is 15.9. The van der Waals surface area contributed by atoms with Crippen molar-refractivity contribution in [3.63, 3.8) is 0 Å². The highest BCUT2D eigenvalue weighted by molar-refractivity contribution is 7.88. The third-order valence-corrected chi connectivity index (χ3v) is 6.07. The molecule has 0 radical (unpaired) electrons. The van der Waals surface area contributed by atoms with E-state index in [1.54, 1.807) is 6.92 Å². The van der Waals surface area contributed by atoms with Gasteiger partial charge >= 0.3 is 0 Å². The monoisotopic (exact) mass is 379 g/mol. The smallest absolute Gasteiger partial charge is 0.275 e. The van der Waals surface area contributed by atoms with Crippen LogP contribution in [0.15, 0.2) is 15.6 Å². The van der Waals surface area contributed by atoms with Gasteiger partial charge in [-0.05, 0) is 32.2 Å². The Hall–Kier alpha value is -1.09. The number of hydrogen-bond donors (Lipinski definition) is 2. The highest BCUT2D eigenvalue weighted by atomic mass is 35.5. The molecule has 0 spiro atoms. The largest absolute Gasteiger partial charge is 0.448 e. The zero-order valence-electron chi connectivity index (χ0n) is 14.2. The summed E-state index contributed by atoms with van der Waals surface area (Å²) in [6.45, 7) is 2.13. The van der Waals surface area contributed by atoms with Crippen molar-refractivity contribution in [2.24, 2.45) is 11.7 Å². The molecule has 7 nitrogen and oxygen atoms in total. The van der Waals surface area contributed by atoms with Crippen LogP contribution >= 0.6 is 12.4 Å². The zero-order chi connectivity index (χ0) is 17.2. The summed E-state index contributed by atoms with van der Waals surface area (Å²) in [6.07, 6.45) is 4.09. The van der Waals surface area contributed by atoms with Crippen molar-refractivity contribution in [2.45, 2.75) is 43.7 Å². The number of furan rings is 1. The highest BCUT2D eigenvalue weighted by Gasteiger charge is 2.29. The van der Waals surface area contributed by atoms with Crippen molar-refractivity contribution in [1.82, 2.24) is 9.62 Å². The first-order chi connectivity index (χ1) is 10.8.